The van der Waals surface area contributed by atoms with Crippen LogP contribution in [0.4, 0.5) is 5.69 Å². The van der Waals surface area contributed by atoms with E-state index in [0.717, 1.165) is 21.3 Å². The summed E-state index contributed by atoms with van der Waals surface area (Å²) in [6.07, 6.45) is 0. The van der Waals surface area contributed by atoms with Crippen LogP contribution in [0, 0.1) is 6.92 Å². The van der Waals surface area contributed by atoms with E-state index in [1.54, 1.807) is 49.1 Å². The first-order valence-electron chi connectivity index (χ1n) is 10.0. The highest BCUT2D eigenvalue weighted by atomic mass is 32.2. The van der Waals surface area contributed by atoms with Gasteiger partial charge >= 0.3 is 0 Å². The van der Waals surface area contributed by atoms with E-state index in [1.165, 1.54) is 22.5 Å². The van der Waals surface area contributed by atoms with Crippen molar-refractivity contribution in [2.24, 2.45) is 0 Å². The SMILES string of the molecule is CCN(CC)S(=O)(=O)c1ccc(O)c(NC(=O)c2ccc(SCc3csc(C)n3)cc2)c1. The molecular formula is C22H25N3O4S3. The average molecular weight is 492 g/mol. The predicted octanol–water partition coefficient (Wildman–Crippen LogP) is 4.73. The number of thiazole rings is 1. The van der Waals surface area contributed by atoms with Crippen LogP contribution in [0.2, 0.25) is 0 Å². The molecule has 0 saturated carbocycles. The minimum Gasteiger partial charge on any atom is -0.506 e. The summed E-state index contributed by atoms with van der Waals surface area (Å²) in [6.45, 7) is 6.13. The van der Waals surface area contributed by atoms with Crippen molar-refractivity contribution in [2.45, 2.75) is 36.3 Å². The smallest absolute Gasteiger partial charge is 0.255 e. The Labute approximate surface area is 196 Å². The predicted molar refractivity (Wildman–Crippen MR) is 129 cm³/mol. The molecule has 0 saturated heterocycles. The maximum Gasteiger partial charge on any atom is 0.255 e. The normalized spacial score (nSPS) is 11.6. The standard InChI is InChI=1S/C22H25N3O4S3/c1-4-25(5-2)32(28,29)19-10-11-21(26)20(12-19)24-22(27)16-6-8-18(9-7-16)31-14-17-13-30-15(3)23-17/h6-13,26H,4-5,14H2,1-3H3,(H,24,27). The number of phenolic OH excluding ortho intramolecular Hbond substituents is 1. The Morgan fingerprint density at radius 1 is 1.16 bits per heavy atom. The highest BCUT2D eigenvalue weighted by Crippen LogP contribution is 2.29. The van der Waals surface area contributed by atoms with Crippen molar-refractivity contribution in [1.29, 1.82) is 0 Å². The van der Waals surface area contributed by atoms with Gasteiger partial charge in [-0.15, -0.1) is 23.1 Å². The molecule has 0 unspecified atom stereocenters. The number of carbonyl (C=O) groups excluding carboxylic acids is 1. The molecule has 0 aliphatic carbocycles. The number of aromatic nitrogens is 1. The largest absolute Gasteiger partial charge is 0.506 e. The Morgan fingerprint density at radius 2 is 1.84 bits per heavy atom. The second-order valence-electron chi connectivity index (χ2n) is 6.89. The fourth-order valence-electron chi connectivity index (χ4n) is 3.02. The van der Waals surface area contributed by atoms with Crippen molar-refractivity contribution in [3.05, 3.63) is 64.1 Å². The monoisotopic (exact) mass is 491 g/mol. The first kappa shape index (κ1) is 24.2. The third kappa shape index (κ3) is 5.69. The molecule has 0 radical (unpaired) electrons. The molecular weight excluding hydrogens is 466 g/mol. The quantitative estimate of drug-likeness (QED) is 0.332. The Hall–Kier alpha value is -2.40. The van der Waals surface area contributed by atoms with Crippen molar-refractivity contribution in [1.82, 2.24) is 9.29 Å². The first-order chi connectivity index (χ1) is 15.2. The maximum atomic E-state index is 12.7. The topological polar surface area (TPSA) is 99.6 Å². The molecule has 0 bridgehead atoms. The third-order valence-corrected chi connectivity index (χ3v) is 8.64. The summed E-state index contributed by atoms with van der Waals surface area (Å²) in [5.41, 5.74) is 1.46. The molecule has 1 aromatic heterocycles. The Bertz CT molecular complexity index is 1190. The molecule has 3 aromatic rings. The van der Waals surface area contributed by atoms with Gasteiger partial charge in [0.05, 0.1) is 21.3 Å². The number of aromatic hydroxyl groups is 1. The number of carbonyl (C=O) groups is 1. The van der Waals surface area contributed by atoms with Gasteiger partial charge in [-0.1, -0.05) is 13.8 Å². The average Bonchev–Trinajstić information content (AvgIpc) is 3.19. The van der Waals surface area contributed by atoms with E-state index < -0.39 is 15.9 Å². The summed E-state index contributed by atoms with van der Waals surface area (Å²) < 4.78 is 26.8. The van der Waals surface area contributed by atoms with Crippen LogP contribution >= 0.6 is 23.1 Å². The van der Waals surface area contributed by atoms with Crippen LogP contribution in [0.25, 0.3) is 0 Å². The number of hydrogen-bond acceptors (Lipinski definition) is 7. The van der Waals surface area contributed by atoms with E-state index in [4.69, 9.17) is 0 Å². The minimum atomic E-state index is -3.71. The molecule has 7 nitrogen and oxygen atoms in total. The number of nitrogens with zero attached hydrogens (tertiary/aromatic N) is 2. The Balaban J connectivity index is 1.71. The molecule has 2 N–H and O–H groups in total. The first-order valence-corrected chi connectivity index (χ1v) is 13.3. The van der Waals surface area contributed by atoms with Crippen LogP contribution in [0.15, 0.2) is 57.6 Å². The van der Waals surface area contributed by atoms with Gasteiger partial charge < -0.3 is 10.4 Å². The second kappa shape index (κ2) is 10.5. The number of phenols is 1. The number of rotatable bonds is 9. The van der Waals surface area contributed by atoms with Crippen LogP contribution in [0.5, 0.6) is 5.75 Å². The van der Waals surface area contributed by atoms with Crippen molar-refractivity contribution in [3.63, 3.8) is 0 Å². The van der Waals surface area contributed by atoms with Gasteiger partial charge in [-0.3, -0.25) is 4.79 Å². The molecule has 1 amide bonds. The molecule has 2 aromatic carbocycles. The molecule has 3 rings (SSSR count). The molecule has 10 heteroatoms. The molecule has 1 heterocycles. The van der Waals surface area contributed by atoms with Gasteiger partial charge in [0.25, 0.3) is 5.91 Å². The lowest BCUT2D eigenvalue weighted by Crippen LogP contribution is -2.30. The van der Waals surface area contributed by atoms with Gasteiger partial charge in [0.2, 0.25) is 10.0 Å². The minimum absolute atomic E-state index is 0.0123. The van der Waals surface area contributed by atoms with Gasteiger partial charge in [-0.2, -0.15) is 4.31 Å². The number of thioether (sulfide) groups is 1. The molecule has 0 spiro atoms. The zero-order valence-corrected chi connectivity index (χ0v) is 20.5. The van der Waals surface area contributed by atoms with Crippen LogP contribution < -0.4 is 5.32 Å². The highest BCUT2D eigenvalue weighted by Gasteiger charge is 2.23. The van der Waals surface area contributed by atoms with E-state index in [2.05, 4.69) is 10.3 Å². The van der Waals surface area contributed by atoms with Crippen molar-refractivity contribution >= 4 is 44.7 Å². The number of aryl methyl sites for hydroxylation is 1. The fraction of sp³-hybridized carbons (Fsp3) is 0.273. The Morgan fingerprint density at radius 3 is 2.44 bits per heavy atom. The maximum absolute atomic E-state index is 12.7. The van der Waals surface area contributed by atoms with E-state index >= 15 is 0 Å². The molecule has 0 aliphatic heterocycles. The van der Waals surface area contributed by atoms with Crippen LogP contribution in [0.3, 0.4) is 0 Å². The number of nitrogens with one attached hydrogen (secondary N) is 1. The Kier molecular flexibility index (Phi) is 7.94. The van der Waals surface area contributed by atoms with E-state index in [0.29, 0.717) is 18.7 Å². The summed E-state index contributed by atoms with van der Waals surface area (Å²) in [6, 6.07) is 11.0. The number of amides is 1. The lowest BCUT2D eigenvalue weighted by atomic mass is 10.2. The van der Waals surface area contributed by atoms with Crippen molar-refractivity contribution < 1.29 is 18.3 Å². The summed E-state index contributed by atoms with van der Waals surface area (Å²) in [5.74, 6) is 0.101. The van der Waals surface area contributed by atoms with E-state index in [-0.39, 0.29) is 16.3 Å². The summed E-state index contributed by atoms with van der Waals surface area (Å²) >= 11 is 3.24. The second-order valence-corrected chi connectivity index (χ2v) is 10.9. The zero-order chi connectivity index (χ0) is 23.3. The van der Waals surface area contributed by atoms with Crippen molar-refractivity contribution in [3.8, 4) is 5.75 Å². The van der Waals surface area contributed by atoms with Gasteiger partial charge in [-0.25, -0.2) is 13.4 Å². The summed E-state index contributed by atoms with van der Waals surface area (Å²) in [5, 5.41) is 15.8. The van der Waals surface area contributed by atoms with Crippen molar-refractivity contribution in [2.75, 3.05) is 18.4 Å². The van der Waals surface area contributed by atoms with E-state index in [9.17, 15) is 18.3 Å². The number of hydrogen-bond donors (Lipinski definition) is 2. The molecule has 0 aliphatic rings. The zero-order valence-electron chi connectivity index (χ0n) is 18.0. The molecule has 170 valence electrons. The van der Waals surface area contributed by atoms with Gasteiger partial charge in [0.15, 0.2) is 0 Å². The number of sulfonamides is 1. The molecule has 0 fully saturated rings. The van der Waals surface area contributed by atoms with Gasteiger partial charge in [-0.05, 0) is 49.4 Å². The van der Waals surface area contributed by atoms with Crippen LogP contribution in [-0.2, 0) is 15.8 Å². The van der Waals surface area contributed by atoms with Gasteiger partial charge in [0, 0.05) is 34.7 Å². The van der Waals surface area contributed by atoms with Crippen LogP contribution in [0.1, 0.15) is 34.9 Å². The van der Waals surface area contributed by atoms with E-state index in [1.807, 2.05) is 24.4 Å². The molecule has 0 atom stereocenters. The van der Waals surface area contributed by atoms with Gasteiger partial charge in [0.1, 0.15) is 5.75 Å². The highest BCUT2D eigenvalue weighted by molar-refractivity contribution is 7.98. The summed E-state index contributed by atoms with van der Waals surface area (Å²) in [4.78, 5) is 18.1. The number of anilines is 1. The number of benzene rings is 2. The lowest BCUT2D eigenvalue weighted by molar-refractivity contribution is 0.102. The third-order valence-electron chi connectivity index (χ3n) is 4.73. The van der Waals surface area contributed by atoms with Crippen LogP contribution in [-0.4, -0.2) is 41.8 Å². The lowest BCUT2D eigenvalue weighted by Gasteiger charge is -2.19. The fourth-order valence-corrected chi connectivity index (χ4v) is 6.01. The molecule has 32 heavy (non-hydrogen) atoms. The summed E-state index contributed by atoms with van der Waals surface area (Å²) in [7, 11) is -3.71.